The fourth-order valence-corrected chi connectivity index (χ4v) is 4.25. The van der Waals surface area contributed by atoms with E-state index in [0.29, 0.717) is 36.6 Å². The predicted octanol–water partition coefficient (Wildman–Crippen LogP) is 4.75. The summed E-state index contributed by atoms with van der Waals surface area (Å²) in [6.07, 6.45) is 0.400. The molecule has 0 aromatic heterocycles. The van der Waals surface area contributed by atoms with E-state index < -0.39 is 12.1 Å². The first-order valence-electron chi connectivity index (χ1n) is 11.8. The molecule has 3 N–H and O–H groups in total. The summed E-state index contributed by atoms with van der Waals surface area (Å²) in [4.78, 5) is 37.3. The topological polar surface area (TPSA) is 96.5 Å². The maximum atomic E-state index is 12.9. The van der Waals surface area contributed by atoms with Crippen LogP contribution >= 0.6 is 11.8 Å². The van der Waals surface area contributed by atoms with Gasteiger partial charge >= 0.3 is 6.09 Å². The molecule has 0 heterocycles. The van der Waals surface area contributed by atoms with Crippen molar-refractivity contribution in [3.8, 4) is 0 Å². The van der Waals surface area contributed by atoms with Crippen molar-refractivity contribution in [1.29, 1.82) is 0 Å². The van der Waals surface area contributed by atoms with Crippen LogP contribution in [-0.4, -0.2) is 35.5 Å². The Morgan fingerprint density at radius 1 is 0.806 bits per heavy atom. The highest BCUT2D eigenvalue weighted by molar-refractivity contribution is 7.99. The van der Waals surface area contributed by atoms with Gasteiger partial charge in [0.15, 0.2) is 0 Å². The molecule has 36 heavy (non-hydrogen) atoms. The maximum Gasteiger partial charge on any atom is 0.408 e. The van der Waals surface area contributed by atoms with Crippen molar-refractivity contribution in [2.24, 2.45) is 0 Å². The highest BCUT2D eigenvalue weighted by atomic mass is 32.2. The van der Waals surface area contributed by atoms with Crippen molar-refractivity contribution in [3.63, 3.8) is 0 Å². The van der Waals surface area contributed by atoms with Crippen LogP contribution in [0.25, 0.3) is 0 Å². The molecule has 3 aromatic rings. The van der Waals surface area contributed by atoms with Gasteiger partial charge in [0.05, 0.1) is 0 Å². The van der Waals surface area contributed by atoms with Crippen LogP contribution in [0.1, 0.15) is 24.0 Å². The third kappa shape index (κ3) is 10.2. The van der Waals surface area contributed by atoms with Gasteiger partial charge in [-0.3, -0.25) is 9.59 Å². The number of anilines is 1. The van der Waals surface area contributed by atoms with Gasteiger partial charge in [0.2, 0.25) is 11.8 Å². The molecule has 188 valence electrons. The van der Waals surface area contributed by atoms with Crippen LogP contribution in [-0.2, 0) is 27.5 Å². The van der Waals surface area contributed by atoms with Crippen LogP contribution in [0.3, 0.4) is 0 Å². The van der Waals surface area contributed by atoms with E-state index in [-0.39, 0.29) is 18.4 Å². The van der Waals surface area contributed by atoms with Crippen LogP contribution < -0.4 is 16.0 Å². The van der Waals surface area contributed by atoms with E-state index in [2.05, 4.69) is 16.0 Å². The van der Waals surface area contributed by atoms with E-state index in [1.54, 1.807) is 12.1 Å². The molecule has 0 saturated heterocycles. The fraction of sp³-hybridized carbons (Fsp3) is 0.250. The highest BCUT2D eigenvalue weighted by Crippen LogP contribution is 2.11. The van der Waals surface area contributed by atoms with Crippen molar-refractivity contribution in [1.82, 2.24) is 10.6 Å². The van der Waals surface area contributed by atoms with Gasteiger partial charge in [-0.1, -0.05) is 78.9 Å². The number of alkyl carbamates (subject to hydrolysis) is 1. The molecule has 0 aliphatic rings. The number of hydrogen-bond donors (Lipinski definition) is 3. The van der Waals surface area contributed by atoms with Crippen molar-refractivity contribution in [2.75, 3.05) is 16.8 Å². The first-order valence-corrected chi connectivity index (χ1v) is 13.0. The van der Waals surface area contributed by atoms with Crippen molar-refractivity contribution in [3.05, 3.63) is 102 Å². The highest BCUT2D eigenvalue weighted by Gasteiger charge is 2.22. The Bertz CT molecular complexity index is 1080. The summed E-state index contributed by atoms with van der Waals surface area (Å²) in [6.45, 7) is 0.620. The summed E-state index contributed by atoms with van der Waals surface area (Å²) in [5.74, 6) is 0.686. The summed E-state index contributed by atoms with van der Waals surface area (Å²) >= 11 is 1.50. The predicted molar refractivity (Wildman–Crippen MR) is 143 cm³/mol. The molecule has 0 unspecified atom stereocenters. The van der Waals surface area contributed by atoms with Gasteiger partial charge in [-0.25, -0.2) is 4.79 Å². The Kier molecular flexibility index (Phi) is 11.4. The van der Waals surface area contributed by atoms with Gasteiger partial charge in [0.1, 0.15) is 12.6 Å². The quantitative estimate of drug-likeness (QED) is 0.291. The van der Waals surface area contributed by atoms with Crippen LogP contribution in [0.15, 0.2) is 91.0 Å². The van der Waals surface area contributed by atoms with E-state index in [4.69, 9.17) is 4.74 Å². The van der Waals surface area contributed by atoms with Crippen molar-refractivity contribution >= 4 is 35.4 Å². The molecule has 0 fully saturated rings. The minimum atomic E-state index is -0.787. The molecule has 1 atom stereocenters. The van der Waals surface area contributed by atoms with E-state index in [9.17, 15) is 14.4 Å². The van der Waals surface area contributed by atoms with Gasteiger partial charge < -0.3 is 20.7 Å². The van der Waals surface area contributed by atoms with Crippen LogP contribution in [0.4, 0.5) is 10.5 Å². The van der Waals surface area contributed by atoms with Crippen molar-refractivity contribution in [2.45, 2.75) is 32.0 Å². The lowest BCUT2D eigenvalue weighted by molar-refractivity contribution is -0.121. The van der Waals surface area contributed by atoms with E-state index in [0.717, 1.165) is 11.1 Å². The zero-order valence-electron chi connectivity index (χ0n) is 20.0. The Morgan fingerprint density at radius 2 is 1.42 bits per heavy atom. The number of rotatable bonds is 13. The normalized spacial score (nSPS) is 11.2. The number of benzene rings is 3. The second-order valence-electron chi connectivity index (χ2n) is 8.05. The lowest BCUT2D eigenvalue weighted by Gasteiger charge is -2.18. The number of hydrogen-bond acceptors (Lipinski definition) is 5. The van der Waals surface area contributed by atoms with Crippen LogP contribution in [0.5, 0.6) is 0 Å². The third-order valence-corrected chi connectivity index (χ3v) is 6.32. The molecule has 7 nitrogen and oxygen atoms in total. The summed E-state index contributed by atoms with van der Waals surface area (Å²) < 4.78 is 5.29. The number of carbonyl (C=O) groups is 3. The number of amides is 3. The SMILES string of the molecule is O=C(CCCSC[C@H](NC(=O)OCc1ccccc1)C(=O)Nc1ccccc1)NCc1ccccc1. The van der Waals surface area contributed by atoms with E-state index in [1.807, 2.05) is 78.9 Å². The summed E-state index contributed by atoms with van der Waals surface area (Å²) in [5.41, 5.74) is 2.56. The standard InChI is InChI=1S/C28H31N3O4S/c32-26(29-19-22-11-4-1-5-12-22)17-10-18-36-21-25(27(33)30-24-15-8-3-9-16-24)31-28(34)35-20-23-13-6-2-7-14-23/h1-9,11-16,25H,10,17-21H2,(H,29,32)(H,30,33)(H,31,34)/t25-/m0/s1. The molecule has 8 heteroatoms. The first kappa shape index (κ1) is 26.8. The second-order valence-corrected chi connectivity index (χ2v) is 9.20. The van der Waals surface area contributed by atoms with Gasteiger partial charge in [-0.15, -0.1) is 0 Å². The number of ether oxygens (including phenoxy) is 1. The summed E-state index contributed by atoms with van der Waals surface area (Å²) in [5, 5.41) is 8.41. The maximum absolute atomic E-state index is 12.9. The lowest BCUT2D eigenvalue weighted by Crippen LogP contribution is -2.45. The van der Waals surface area contributed by atoms with Gasteiger partial charge in [-0.2, -0.15) is 11.8 Å². The summed E-state index contributed by atoms with van der Waals surface area (Å²) in [7, 11) is 0. The van der Waals surface area contributed by atoms with Gasteiger partial charge in [0, 0.05) is 24.4 Å². The Morgan fingerprint density at radius 3 is 2.08 bits per heavy atom. The van der Waals surface area contributed by atoms with E-state index in [1.165, 1.54) is 11.8 Å². The zero-order valence-corrected chi connectivity index (χ0v) is 20.8. The number of nitrogens with one attached hydrogen (secondary N) is 3. The summed E-state index contributed by atoms with van der Waals surface area (Å²) in [6, 6.07) is 27.4. The molecule has 0 aliphatic heterocycles. The Balaban J connectivity index is 1.43. The minimum absolute atomic E-state index is 0.0135. The number of thioether (sulfide) groups is 1. The molecule has 0 saturated carbocycles. The molecule has 0 bridgehead atoms. The van der Waals surface area contributed by atoms with Gasteiger partial charge in [-0.05, 0) is 35.4 Å². The molecule has 0 aliphatic carbocycles. The monoisotopic (exact) mass is 505 g/mol. The van der Waals surface area contributed by atoms with Crippen LogP contribution in [0, 0.1) is 0 Å². The molecule has 0 radical (unpaired) electrons. The molecule has 3 aromatic carbocycles. The van der Waals surface area contributed by atoms with Crippen molar-refractivity contribution < 1.29 is 19.1 Å². The average molecular weight is 506 g/mol. The largest absolute Gasteiger partial charge is 0.445 e. The first-order chi connectivity index (χ1) is 17.6. The smallest absolute Gasteiger partial charge is 0.408 e. The van der Waals surface area contributed by atoms with E-state index >= 15 is 0 Å². The minimum Gasteiger partial charge on any atom is -0.445 e. The Hall–Kier alpha value is -3.78. The molecular formula is C28H31N3O4S. The third-order valence-electron chi connectivity index (χ3n) is 5.17. The number of carbonyl (C=O) groups excluding carboxylic acids is 3. The fourth-order valence-electron chi connectivity index (χ4n) is 3.26. The zero-order chi connectivity index (χ0) is 25.4. The van der Waals surface area contributed by atoms with Crippen LogP contribution in [0.2, 0.25) is 0 Å². The molecule has 3 rings (SSSR count). The molecule has 0 spiro atoms. The average Bonchev–Trinajstić information content (AvgIpc) is 2.91. The lowest BCUT2D eigenvalue weighted by atomic mass is 10.2. The molecule has 3 amide bonds. The Labute approximate surface area is 216 Å². The molecular weight excluding hydrogens is 474 g/mol. The van der Waals surface area contributed by atoms with Gasteiger partial charge in [0.25, 0.3) is 0 Å². The second kappa shape index (κ2) is 15.3. The number of para-hydroxylation sites is 1.